The van der Waals surface area contributed by atoms with Crippen molar-refractivity contribution in [2.75, 3.05) is 26.3 Å². The van der Waals surface area contributed by atoms with Crippen LogP contribution in [0.15, 0.2) is 53.4 Å². The standard InChI is InChI=1S/C19H18FN3O4S/c20-16-6-4-14(5-7-16)18(13-21)22-19(24)15-2-1-3-17(12-15)28(25,26)23-8-10-27-11-9-23/h1-7,12,18H,8-11H2,(H,22,24)/t18-/m0/s1. The molecule has 1 atom stereocenters. The first-order chi connectivity index (χ1) is 13.4. The third-order valence-corrected chi connectivity index (χ3v) is 6.21. The highest BCUT2D eigenvalue weighted by Crippen LogP contribution is 2.19. The molecule has 7 nitrogen and oxygen atoms in total. The van der Waals surface area contributed by atoms with Crippen LogP contribution in [0.25, 0.3) is 0 Å². The van der Waals surface area contributed by atoms with Gasteiger partial charge < -0.3 is 10.1 Å². The molecule has 0 spiro atoms. The average molecular weight is 403 g/mol. The summed E-state index contributed by atoms with van der Waals surface area (Å²) in [4.78, 5) is 12.5. The highest BCUT2D eigenvalue weighted by atomic mass is 32.2. The smallest absolute Gasteiger partial charge is 0.252 e. The van der Waals surface area contributed by atoms with Crippen LogP contribution in [-0.2, 0) is 14.8 Å². The summed E-state index contributed by atoms with van der Waals surface area (Å²) < 4.78 is 45.0. The number of nitrogens with one attached hydrogen (secondary N) is 1. The van der Waals surface area contributed by atoms with Gasteiger partial charge in [0.05, 0.1) is 24.2 Å². The number of ether oxygens (including phenoxy) is 1. The largest absolute Gasteiger partial charge is 0.379 e. The molecular formula is C19H18FN3O4S. The van der Waals surface area contributed by atoms with Gasteiger partial charge in [-0.3, -0.25) is 4.79 Å². The van der Waals surface area contributed by atoms with Crippen molar-refractivity contribution in [2.24, 2.45) is 0 Å². The van der Waals surface area contributed by atoms with Crippen LogP contribution >= 0.6 is 0 Å². The molecule has 0 radical (unpaired) electrons. The van der Waals surface area contributed by atoms with Crippen LogP contribution in [0.3, 0.4) is 0 Å². The molecule has 3 rings (SSSR count). The second kappa shape index (κ2) is 8.48. The van der Waals surface area contributed by atoms with Gasteiger partial charge in [0.1, 0.15) is 11.9 Å². The van der Waals surface area contributed by atoms with Crippen molar-refractivity contribution in [3.05, 3.63) is 65.5 Å². The van der Waals surface area contributed by atoms with Gasteiger partial charge in [0, 0.05) is 18.7 Å². The summed E-state index contributed by atoms with van der Waals surface area (Å²) in [5.41, 5.74) is 0.533. The van der Waals surface area contributed by atoms with Crippen molar-refractivity contribution < 1.29 is 22.3 Å². The van der Waals surface area contributed by atoms with E-state index in [1.54, 1.807) is 0 Å². The minimum Gasteiger partial charge on any atom is -0.379 e. The molecule has 0 bridgehead atoms. The number of rotatable bonds is 5. The van der Waals surface area contributed by atoms with E-state index >= 15 is 0 Å². The van der Waals surface area contributed by atoms with Gasteiger partial charge in [0.15, 0.2) is 0 Å². The van der Waals surface area contributed by atoms with Crippen LogP contribution in [0.5, 0.6) is 0 Å². The van der Waals surface area contributed by atoms with Crippen LogP contribution in [0.4, 0.5) is 4.39 Å². The van der Waals surface area contributed by atoms with E-state index in [1.165, 1.54) is 52.8 Å². The van der Waals surface area contributed by atoms with Crippen molar-refractivity contribution >= 4 is 15.9 Å². The molecule has 1 aliphatic heterocycles. The molecular weight excluding hydrogens is 385 g/mol. The summed E-state index contributed by atoms with van der Waals surface area (Å²) in [6, 6.07) is 11.8. The van der Waals surface area contributed by atoms with E-state index < -0.39 is 27.8 Å². The Morgan fingerprint density at radius 3 is 2.50 bits per heavy atom. The zero-order chi connectivity index (χ0) is 20.1. The molecule has 2 aromatic rings. The quantitative estimate of drug-likeness (QED) is 0.821. The van der Waals surface area contributed by atoms with E-state index in [9.17, 15) is 22.9 Å². The van der Waals surface area contributed by atoms with E-state index in [0.29, 0.717) is 18.8 Å². The summed E-state index contributed by atoms with van der Waals surface area (Å²) in [6.45, 7) is 1.14. The Bertz CT molecular complexity index is 997. The first kappa shape index (κ1) is 19.9. The number of sulfonamides is 1. The first-order valence-corrected chi connectivity index (χ1v) is 10.00. The fraction of sp³-hybridized carbons (Fsp3) is 0.263. The number of amides is 1. The molecule has 0 aliphatic carbocycles. The summed E-state index contributed by atoms with van der Waals surface area (Å²) in [6.07, 6.45) is 0. The fourth-order valence-electron chi connectivity index (χ4n) is 2.79. The minimum atomic E-state index is -3.74. The predicted molar refractivity (Wildman–Crippen MR) is 98.2 cm³/mol. The third-order valence-electron chi connectivity index (χ3n) is 4.31. The number of hydrogen-bond donors (Lipinski definition) is 1. The number of nitrogens with zero attached hydrogens (tertiary/aromatic N) is 2. The molecule has 146 valence electrons. The summed E-state index contributed by atoms with van der Waals surface area (Å²) >= 11 is 0. The normalized spacial score (nSPS) is 16.1. The zero-order valence-corrected chi connectivity index (χ0v) is 15.7. The molecule has 1 fully saturated rings. The van der Waals surface area contributed by atoms with Crippen LogP contribution < -0.4 is 5.32 Å². The van der Waals surface area contributed by atoms with E-state index in [2.05, 4.69) is 5.32 Å². The van der Waals surface area contributed by atoms with Gasteiger partial charge in [-0.15, -0.1) is 0 Å². The van der Waals surface area contributed by atoms with Crippen molar-refractivity contribution in [3.63, 3.8) is 0 Å². The summed E-state index contributed by atoms with van der Waals surface area (Å²) in [7, 11) is -3.74. The lowest BCUT2D eigenvalue weighted by Gasteiger charge is -2.26. The molecule has 1 N–H and O–H groups in total. The SMILES string of the molecule is N#C[C@H](NC(=O)c1cccc(S(=O)(=O)N2CCOCC2)c1)c1ccc(F)cc1. The number of halogens is 1. The number of nitriles is 1. The lowest BCUT2D eigenvalue weighted by atomic mass is 10.1. The lowest BCUT2D eigenvalue weighted by Crippen LogP contribution is -2.40. The van der Waals surface area contributed by atoms with E-state index in [0.717, 1.165) is 0 Å². The van der Waals surface area contributed by atoms with Crippen LogP contribution in [0.1, 0.15) is 22.0 Å². The Kier molecular flexibility index (Phi) is 6.04. The van der Waals surface area contributed by atoms with Crippen LogP contribution in [0.2, 0.25) is 0 Å². The highest BCUT2D eigenvalue weighted by Gasteiger charge is 2.27. The zero-order valence-electron chi connectivity index (χ0n) is 14.8. The molecule has 1 saturated heterocycles. The third kappa shape index (κ3) is 4.36. The van der Waals surface area contributed by atoms with E-state index in [1.807, 2.05) is 6.07 Å². The Labute approximate surface area is 162 Å². The number of benzene rings is 2. The van der Waals surface area contributed by atoms with E-state index in [4.69, 9.17) is 4.74 Å². The average Bonchev–Trinajstić information content (AvgIpc) is 2.73. The highest BCUT2D eigenvalue weighted by molar-refractivity contribution is 7.89. The first-order valence-electron chi connectivity index (χ1n) is 8.56. The Morgan fingerprint density at radius 2 is 1.86 bits per heavy atom. The van der Waals surface area contributed by atoms with Gasteiger partial charge in [0.25, 0.3) is 5.91 Å². The molecule has 1 amide bonds. The van der Waals surface area contributed by atoms with Crippen LogP contribution in [-0.4, -0.2) is 44.9 Å². The Balaban J connectivity index is 1.80. The van der Waals surface area contributed by atoms with Crippen molar-refractivity contribution in [3.8, 4) is 6.07 Å². The van der Waals surface area contributed by atoms with Crippen molar-refractivity contribution in [1.29, 1.82) is 5.26 Å². The van der Waals surface area contributed by atoms with Crippen molar-refractivity contribution in [1.82, 2.24) is 9.62 Å². The Hall–Kier alpha value is -2.80. The molecule has 1 heterocycles. The molecule has 28 heavy (non-hydrogen) atoms. The summed E-state index contributed by atoms with van der Waals surface area (Å²) in [5, 5.41) is 11.9. The molecule has 1 aliphatic rings. The van der Waals surface area contributed by atoms with Gasteiger partial charge in [-0.25, -0.2) is 12.8 Å². The second-order valence-corrected chi connectivity index (χ2v) is 8.07. The Morgan fingerprint density at radius 1 is 1.18 bits per heavy atom. The molecule has 0 unspecified atom stereocenters. The van der Waals surface area contributed by atoms with Crippen LogP contribution in [0, 0.1) is 17.1 Å². The maximum Gasteiger partial charge on any atom is 0.252 e. The van der Waals surface area contributed by atoms with Gasteiger partial charge in [-0.2, -0.15) is 9.57 Å². The molecule has 0 saturated carbocycles. The van der Waals surface area contributed by atoms with Crippen molar-refractivity contribution in [2.45, 2.75) is 10.9 Å². The number of carbonyl (C=O) groups excluding carboxylic acids is 1. The fourth-order valence-corrected chi connectivity index (χ4v) is 4.25. The van der Waals surface area contributed by atoms with Gasteiger partial charge >= 0.3 is 0 Å². The predicted octanol–water partition coefficient (Wildman–Crippen LogP) is 1.84. The van der Waals surface area contributed by atoms with Gasteiger partial charge in [-0.05, 0) is 35.9 Å². The monoisotopic (exact) mass is 403 g/mol. The maximum atomic E-state index is 13.1. The molecule has 9 heteroatoms. The maximum absolute atomic E-state index is 13.1. The second-order valence-electron chi connectivity index (χ2n) is 6.13. The van der Waals surface area contributed by atoms with E-state index in [-0.39, 0.29) is 23.5 Å². The van der Waals surface area contributed by atoms with Gasteiger partial charge in [0.2, 0.25) is 10.0 Å². The number of morpholine rings is 1. The topological polar surface area (TPSA) is 99.5 Å². The number of hydrogen-bond acceptors (Lipinski definition) is 5. The lowest BCUT2D eigenvalue weighted by molar-refractivity contribution is 0.0730. The van der Waals surface area contributed by atoms with Gasteiger partial charge in [-0.1, -0.05) is 18.2 Å². The number of carbonyl (C=O) groups is 1. The minimum absolute atomic E-state index is 0.00246. The molecule has 0 aromatic heterocycles. The molecule has 2 aromatic carbocycles. The summed E-state index contributed by atoms with van der Waals surface area (Å²) in [5.74, 6) is -1.05.